The highest BCUT2D eigenvalue weighted by atomic mass is 16.5. The molecule has 3 rings (SSSR count). The van der Waals surface area contributed by atoms with E-state index in [0.717, 1.165) is 64.7 Å². The highest BCUT2D eigenvalue weighted by Gasteiger charge is 2.22. The van der Waals surface area contributed by atoms with Crippen LogP contribution in [0.25, 0.3) is 0 Å². The van der Waals surface area contributed by atoms with Crippen LogP contribution in [0.5, 0.6) is 0 Å². The first-order valence-electron chi connectivity index (χ1n) is 7.80. The fourth-order valence-electron chi connectivity index (χ4n) is 2.98. The number of likely N-dealkylation sites (tertiary alicyclic amines) is 1. The number of aromatic nitrogens is 2. The molecule has 1 aromatic heterocycles. The Kier molecular flexibility index (Phi) is 5.37. The molecule has 116 valence electrons. The van der Waals surface area contributed by atoms with Crippen molar-refractivity contribution in [3.63, 3.8) is 0 Å². The molecule has 2 aliphatic rings. The van der Waals surface area contributed by atoms with Crippen LogP contribution in [-0.2, 0) is 9.47 Å². The molecule has 3 heterocycles. The second-order valence-corrected chi connectivity index (χ2v) is 5.83. The fraction of sp³-hybridized carbons (Fsp3) is 0.733. The third-order valence-corrected chi connectivity index (χ3v) is 4.12. The first-order valence-corrected chi connectivity index (χ1v) is 7.80. The lowest BCUT2D eigenvalue weighted by molar-refractivity contribution is 0.0950. The van der Waals surface area contributed by atoms with E-state index in [-0.39, 0.29) is 0 Å². The number of hydrogen-bond donors (Lipinski definition) is 1. The molecule has 0 bridgehead atoms. The topological polar surface area (TPSA) is 59.5 Å². The zero-order chi connectivity index (χ0) is 14.3. The summed E-state index contributed by atoms with van der Waals surface area (Å²) < 4.78 is 11.1. The average Bonchev–Trinajstić information content (AvgIpc) is 2.79. The normalized spacial score (nSPS) is 22.9. The lowest BCUT2D eigenvalue weighted by Gasteiger charge is -2.34. The van der Waals surface area contributed by atoms with Gasteiger partial charge in [-0.05, 0) is 18.9 Å². The van der Waals surface area contributed by atoms with Crippen LogP contribution in [0.3, 0.4) is 0 Å². The van der Waals surface area contributed by atoms with Gasteiger partial charge in [-0.25, -0.2) is 9.97 Å². The van der Waals surface area contributed by atoms with Crippen molar-refractivity contribution < 1.29 is 9.47 Å². The van der Waals surface area contributed by atoms with E-state index in [2.05, 4.69) is 20.2 Å². The first kappa shape index (κ1) is 14.7. The summed E-state index contributed by atoms with van der Waals surface area (Å²) in [6, 6.07) is 2.44. The molecule has 0 atom stereocenters. The van der Waals surface area contributed by atoms with Crippen molar-refractivity contribution in [2.24, 2.45) is 5.92 Å². The van der Waals surface area contributed by atoms with Gasteiger partial charge in [-0.3, -0.25) is 0 Å². The maximum Gasteiger partial charge on any atom is 0.129 e. The Balaban J connectivity index is 1.40. The van der Waals surface area contributed by atoms with Crippen molar-refractivity contribution in [1.29, 1.82) is 0 Å². The molecule has 0 aliphatic carbocycles. The minimum Gasteiger partial charge on any atom is -0.379 e. The van der Waals surface area contributed by atoms with Crippen molar-refractivity contribution in [3.05, 3.63) is 18.6 Å². The molecule has 1 N–H and O–H groups in total. The predicted molar refractivity (Wildman–Crippen MR) is 80.2 cm³/mol. The summed E-state index contributed by atoms with van der Waals surface area (Å²) in [6.07, 6.45) is 5.66. The zero-order valence-corrected chi connectivity index (χ0v) is 12.4. The van der Waals surface area contributed by atoms with Gasteiger partial charge in [-0.1, -0.05) is 0 Å². The molecular weight excluding hydrogens is 268 g/mol. The van der Waals surface area contributed by atoms with Crippen LogP contribution in [0.2, 0.25) is 0 Å². The van der Waals surface area contributed by atoms with Crippen LogP contribution in [0, 0.1) is 5.92 Å². The van der Waals surface area contributed by atoms with Crippen molar-refractivity contribution in [1.82, 2.24) is 14.9 Å². The maximum atomic E-state index is 5.57. The Morgan fingerprint density at radius 1 is 1.19 bits per heavy atom. The van der Waals surface area contributed by atoms with E-state index in [4.69, 9.17) is 9.47 Å². The highest BCUT2D eigenvalue weighted by molar-refractivity contribution is 5.33. The third kappa shape index (κ3) is 4.62. The third-order valence-electron chi connectivity index (χ3n) is 4.12. The van der Waals surface area contributed by atoms with E-state index in [1.807, 2.05) is 6.07 Å². The molecule has 0 unspecified atom stereocenters. The summed E-state index contributed by atoms with van der Waals surface area (Å²) in [5.41, 5.74) is 0. The van der Waals surface area contributed by atoms with Crippen molar-refractivity contribution in [2.75, 3.05) is 51.4 Å². The summed E-state index contributed by atoms with van der Waals surface area (Å²) in [5, 5.41) is 3.49. The summed E-state index contributed by atoms with van der Waals surface area (Å²) in [7, 11) is 0. The molecule has 21 heavy (non-hydrogen) atoms. The number of piperidine rings is 1. The summed E-state index contributed by atoms with van der Waals surface area (Å²) in [6.45, 7) is 6.47. The molecule has 0 spiro atoms. The SMILES string of the molecule is c1cc(NC2CCN(CC3COCCOC3)CC2)ncn1. The van der Waals surface area contributed by atoms with E-state index >= 15 is 0 Å². The summed E-state index contributed by atoms with van der Waals surface area (Å²) in [5.74, 6) is 1.44. The van der Waals surface area contributed by atoms with E-state index in [1.165, 1.54) is 0 Å². The van der Waals surface area contributed by atoms with Crippen LogP contribution >= 0.6 is 0 Å². The number of rotatable bonds is 4. The standard InChI is InChI=1S/C15H24N4O2/c1-4-16-12-17-15(1)18-14-2-5-19(6-3-14)9-13-10-20-7-8-21-11-13/h1,4,12-14H,2-3,5-11H2,(H,16,17,18). The Labute approximate surface area is 125 Å². The monoisotopic (exact) mass is 292 g/mol. The Morgan fingerprint density at radius 3 is 2.62 bits per heavy atom. The van der Waals surface area contributed by atoms with E-state index in [9.17, 15) is 0 Å². The first-order chi connectivity index (χ1) is 10.4. The number of ether oxygens (including phenoxy) is 2. The number of nitrogens with one attached hydrogen (secondary N) is 1. The molecule has 2 fully saturated rings. The van der Waals surface area contributed by atoms with E-state index < -0.39 is 0 Å². The predicted octanol–water partition coefficient (Wildman–Crippen LogP) is 1.02. The smallest absolute Gasteiger partial charge is 0.129 e. The van der Waals surface area contributed by atoms with Crippen molar-refractivity contribution >= 4 is 5.82 Å². The van der Waals surface area contributed by atoms with Gasteiger partial charge in [-0.2, -0.15) is 0 Å². The molecule has 0 amide bonds. The van der Waals surface area contributed by atoms with Crippen molar-refractivity contribution in [3.8, 4) is 0 Å². The lowest BCUT2D eigenvalue weighted by Crippen LogP contribution is -2.42. The van der Waals surface area contributed by atoms with Gasteiger partial charge in [0.2, 0.25) is 0 Å². The molecule has 2 saturated heterocycles. The van der Waals surface area contributed by atoms with E-state index in [0.29, 0.717) is 12.0 Å². The Morgan fingerprint density at radius 2 is 1.95 bits per heavy atom. The molecule has 0 aromatic carbocycles. The van der Waals surface area contributed by atoms with Crippen LogP contribution in [0.4, 0.5) is 5.82 Å². The summed E-state index contributed by atoms with van der Waals surface area (Å²) >= 11 is 0. The number of nitrogens with zero attached hydrogens (tertiary/aromatic N) is 3. The van der Waals surface area contributed by atoms with Gasteiger partial charge in [0, 0.05) is 37.8 Å². The average molecular weight is 292 g/mol. The maximum absolute atomic E-state index is 5.57. The molecule has 1 aromatic rings. The van der Waals surface area contributed by atoms with Crippen LogP contribution in [0.1, 0.15) is 12.8 Å². The molecule has 2 aliphatic heterocycles. The second-order valence-electron chi connectivity index (χ2n) is 5.83. The second kappa shape index (κ2) is 7.68. The van der Waals surface area contributed by atoms with Crippen molar-refractivity contribution in [2.45, 2.75) is 18.9 Å². The fourth-order valence-corrected chi connectivity index (χ4v) is 2.98. The largest absolute Gasteiger partial charge is 0.379 e. The lowest BCUT2D eigenvalue weighted by atomic mass is 10.0. The zero-order valence-electron chi connectivity index (χ0n) is 12.4. The minimum atomic E-state index is 0.512. The minimum absolute atomic E-state index is 0.512. The van der Waals surface area contributed by atoms with Gasteiger partial charge in [0.05, 0.1) is 26.4 Å². The van der Waals surface area contributed by atoms with Gasteiger partial charge in [0.25, 0.3) is 0 Å². The van der Waals surface area contributed by atoms with Gasteiger partial charge < -0.3 is 19.7 Å². The molecule has 6 nitrogen and oxygen atoms in total. The molecule has 6 heteroatoms. The quantitative estimate of drug-likeness (QED) is 0.894. The highest BCUT2D eigenvalue weighted by Crippen LogP contribution is 2.16. The van der Waals surface area contributed by atoms with E-state index in [1.54, 1.807) is 12.5 Å². The molecule has 0 radical (unpaired) electrons. The van der Waals surface area contributed by atoms with Crippen LogP contribution in [-0.4, -0.2) is 67.0 Å². The number of anilines is 1. The Hall–Kier alpha value is -1.24. The molecular formula is C15H24N4O2. The van der Waals surface area contributed by atoms with Gasteiger partial charge in [0.1, 0.15) is 12.1 Å². The number of hydrogen-bond acceptors (Lipinski definition) is 6. The van der Waals surface area contributed by atoms with Gasteiger partial charge in [0.15, 0.2) is 0 Å². The van der Waals surface area contributed by atoms with Gasteiger partial charge in [-0.15, -0.1) is 0 Å². The van der Waals surface area contributed by atoms with Gasteiger partial charge >= 0.3 is 0 Å². The molecule has 0 saturated carbocycles. The summed E-state index contributed by atoms with van der Waals surface area (Å²) in [4.78, 5) is 10.7. The Bertz CT molecular complexity index is 401. The van der Waals surface area contributed by atoms with Crippen LogP contribution in [0.15, 0.2) is 18.6 Å². The van der Waals surface area contributed by atoms with Crippen LogP contribution < -0.4 is 5.32 Å².